The van der Waals surface area contributed by atoms with Crippen LogP contribution in [0, 0.1) is 28.2 Å². The van der Waals surface area contributed by atoms with Gasteiger partial charge in [0.25, 0.3) is 0 Å². The standard InChI is InChI=1S/C9H12.C3H9B.CH3.Y/c1-7-4-5-8(2)9(3)6-7;1-4(2)3;;/h4-6H,1-3H3;1-3H3;1H3;/q;;-1;. The predicted molar refractivity (Wildman–Crippen MR) is 70.4 cm³/mol. The Hall–Kier alpha value is 0.389. The van der Waals surface area contributed by atoms with Gasteiger partial charge in [0.2, 0.25) is 0 Å². The van der Waals surface area contributed by atoms with Crippen molar-refractivity contribution in [2.24, 2.45) is 0 Å². The van der Waals surface area contributed by atoms with Crippen LogP contribution in [0.2, 0.25) is 20.5 Å². The van der Waals surface area contributed by atoms with Crippen molar-refractivity contribution in [2.75, 3.05) is 0 Å². The van der Waals surface area contributed by atoms with Crippen LogP contribution in [0.3, 0.4) is 0 Å². The van der Waals surface area contributed by atoms with E-state index in [0.29, 0.717) is 0 Å². The van der Waals surface area contributed by atoms with Gasteiger partial charge in [-0.05, 0) is 31.9 Å². The van der Waals surface area contributed by atoms with E-state index in [4.69, 9.17) is 0 Å². The Morgan fingerprint density at radius 1 is 0.867 bits per heavy atom. The van der Waals surface area contributed by atoms with E-state index in [1.807, 2.05) is 0 Å². The average Bonchev–Trinajstić information content (AvgIpc) is 1.96. The average molecular weight is 280 g/mol. The summed E-state index contributed by atoms with van der Waals surface area (Å²) >= 11 is 0. The predicted octanol–water partition coefficient (Wildman–Crippen LogP) is 4.43. The van der Waals surface area contributed by atoms with Gasteiger partial charge >= 0.3 is 0 Å². The first-order valence-electron chi connectivity index (χ1n) is 4.97. The van der Waals surface area contributed by atoms with Crippen LogP contribution in [0.1, 0.15) is 16.7 Å². The van der Waals surface area contributed by atoms with Crippen molar-refractivity contribution in [1.29, 1.82) is 0 Å². The topological polar surface area (TPSA) is 0 Å². The van der Waals surface area contributed by atoms with E-state index in [-0.39, 0.29) is 40.1 Å². The minimum Gasteiger partial charge on any atom is -0.358 e. The van der Waals surface area contributed by atoms with Crippen LogP contribution in [0.25, 0.3) is 0 Å². The van der Waals surface area contributed by atoms with Gasteiger partial charge in [-0.1, -0.05) is 44.2 Å². The van der Waals surface area contributed by atoms with Gasteiger partial charge in [-0.25, -0.2) is 0 Å². The van der Waals surface area contributed by atoms with E-state index in [1.54, 1.807) is 0 Å². The third kappa shape index (κ3) is 12.3. The third-order valence-electron chi connectivity index (χ3n) is 1.66. The number of hydrogen-bond donors (Lipinski definition) is 0. The Morgan fingerprint density at radius 2 is 1.27 bits per heavy atom. The van der Waals surface area contributed by atoms with E-state index < -0.39 is 0 Å². The summed E-state index contributed by atoms with van der Waals surface area (Å²) < 4.78 is 0. The van der Waals surface area contributed by atoms with Gasteiger partial charge in [-0.2, -0.15) is 0 Å². The maximum atomic E-state index is 2.20. The van der Waals surface area contributed by atoms with Crippen LogP contribution in [0.4, 0.5) is 0 Å². The first-order valence-corrected chi connectivity index (χ1v) is 4.97. The maximum Gasteiger partial charge on any atom is 0.130 e. The van der Waals surface area contributed by atoms with Crippen LogP contribution >= 0.6 is 0 Å². The summed E-state index contributed by atoms with van der Waals surface area (Å²) in [5.41, 5.74) is 4.11. The molecular formula is C13H24BY-. The molecule has 1 rings (SSSR count). The molecule has 0 atom stereocenters. The zero-order chi connectivity index (χ0) is 10.4. The maximum absolute atomic E-state index is 2.20. The molecule has 1 aromatic carbocycles. The van der Waals surface area contributed by atoms with Crippen molar-refractivity contribution < 1.29 is 32.7 Å². The molecule has 0 aromatic heterocycles. The molecule has 0 heterocycles. The van der Waals surface area contributed by atoms with E-state index in [0.717, 1.165) is 6.71 Å². The summed E-state index contributed by atoms with van der Waals surface area (Å²) in [4.78, 5) is 0. The number of aryl methyl sites for hydroxylation is 3. The molecular weight excluding hydrogens is 256 g/mol. The van der Waals surface area contributed by atoms with Crippen LogP contribution in [0.5, 0.6) is 0 Å². The molecule has 1 radical (unpaired) electrons. The Kier molecular flexibility index (Phi) is 15.1. The fourth-order valence-corrected chi connectivity index (χ4v) is 0.891. The minimum atomic E-state index is 0. The SMILES string of the molecule is CB(C)C.Cc1ccc(C)c(C)c1.[CH3-].[Y]. The van der Waals surface area contributed by atoms with Crippen molar-refractivity contribution in [3.8, 4) is 0 Å². The molecule has 0 spiro atoms. The molecule has 0 fully saturated rings. The largest absolute Gasteiger partial charge is 0.358 e. The van der Waals surface area contributed by atoms with Gasteiger partial charge in [0.1, 0.15) is 6.71 Å². The molecule has 83 valence electrons. The van der Waals surface area contributed by atoms with Gasteiger partial charge in [-0.15, -0.1) is 0 Å². The van der Waals surface area contributed by atoms with Crippen LogP contribution < -0.4 is 0 Å². The second-order valence-electron chi connectivity index (χ2n) is 4.32. The van der Waals surface area contributed by atoms with Crippen molar-refractivity contribution in [2.45, 2.75) is 41.2 Å². The molecule has 0 saturated carbocycles. The first kappa shape index (κ1) is 20.8. The van der Waals surface area contributed by atoms with Crippen molar-refractivity contribution in [3.05, 3.63) is 42.3 Å². The summed E-state index contributed by atoms with van der Waals surface area (Å²) in [5.74, 6) is 0. The number of benzene rings is 1. The van der Waals surface area contributed by atoms with Crippen LogP contribution in [0.15, 0.2) is 18.2 Å². The van der Waals surface area contributed by atoms with E-state index >= 15 is 0 Å². The summed E-state index contributed by atoms with van der Waals surface area (Å²) in [6.45, 7) is 13.7. The number of rotatable bonds is 0. The molecule has 0 amide bonds. The zero-order valence-corrected chi connectivity index (χ0v) is 14.2. The molecule has 0 nitrogen and oxygen atoms in total. The second kappa shape index (κ2) is 10.9. The Bertz CT molecular complexity index is 254. The summed E-state index contributed by atoms with van der Waals surface area (Å²) in [5, 5.41) is 0. The molecule has 0 saturated heterocycles. The summed E-state index contributed by atoms with van der Waals surface area (Å²) in [6.07, 6.45) is 0. The smallest absolute Gasteiger partial charge is 0.130 e. The van der Waals surface area contributed by atoms with Gasteiger partial charge in [0.15, 0.2) is 0 Å². The molecule has 0 unspecified atom stereocenters. The molecule has 0 aliphatic rings. The molecule has 0 aliphatic carbocycles. The van der Waals surface area contributed by atoms with E-state index in [1.165, 1.54) is 16.7 Å². The molecule has 0 bridgehead atoms. The summed E-state index contributed by atoms with van der Waals surface area (Å²) in [7, 11) is 0. The molecule has 15 heavy (non-hydrogen) atoms. The first-order chi connectivity index (χ1) is 5.93. The van der Waals surface area contributed by atoms with Gasteiger partial charge in [0.05, 0.1) is 0 Å². The molecule has 0 N–H and O–H groups in total. The Balaban J connectivity index is -0.000000213. The van der Waals surface area contributed by atoms with Crippen molar-refractivity contribution in [3.63, 3.8) is 0 Å². The Labute approximate surface area is 122 Å². The van der Waals surface area contributed by atoms with Gasteiger partial charge in [0, 0.05) is 32.7 Å². The van der Waals surface area contributed by atoms with Crippen molar-refractivity contribution in [1.82, 2.24) is 0 Å². The van der Waals surface area contributed by atoms with E-state index in [9.17, 15) is 0 Å². The molecule has 2 heteroatoms. The molecule has 1 aromatic rings. The number of hydrogen-bond acceptors (Lipinski definition) is 0. The Morgan fingerprint density at radius 3 is 1.53 bits per heavy atom. The third-order valence-corrected chi connectivity index (χ3v) is 1.66. The normalized spacial score (nSPS) is 7.60. The fourth-order valence-electron chi connectivity index (χ4n) is 0.891. The van der Waals surface area contributed by atoms with Gasteiger partial charge < -0.3 is 7.43 Å². The van der Waals surface area contributed by atoms with Crippen molar-refractivity contribution >= 4 is 6.71 Å². The quantitative estimate of drug-likeness (QED) is 0.487. The van der Waals surface area contributed by atoms with Crippen LogP contribution in [-0.2, 0) is 32.7 Å². The second-order valence-corrected chi connectivity index (χ2v) is 4.32. The van der Waals surface area contributed by atoms with E-state index in [2.05, 4.69) is 59.4 Å². The van der Waals surface area contributed by atoms with Crippen LogP contribution in [-0.4, -0.2) is 6.71 Å². The van der Waals surface area contributed by atoms with Gasteiger partial charge in [-0.3, -0.25) is 0 Å². The zero-order valence-electron chi connectivity index (χ0n) is 11.4. The fraction of sp³-hybridized carbons (Fsp3) is 0.462. The monoisotopic (exact) mass is 280 g/mol. The minimum absolute atomic E-state index is 0. The molecule has 0 aliphatic heterocycles. The summed E-state index contributed by atoms with van der Waals surface area (Å²) in [6, 6.07) is 6.50.